The molecule has 1 aromatic carbocycles. The highest BCUT2D eigenvalue weighted by atomic mass is 35.5. The number of aliphatic hydroxyl groups is 1. The summed E-state index contributed by atoms with van der Waals surface area (Å²) in [6, 6.07) is 3.81. The summed E-state index contributed by atoms with van der Waals surface area (Å²) < 4.78 is 36.6. The number of hydrogen-bond donors (Lipinski definition) is 2. The van der Waals surface area contributed by atoms with E-state index in [1.54, 1.807) is 0 Å². The minimum atomic E-state index is -4.34. The molecule has 3 N–H and O–H groups in total. The third-order valence-corrected chi connectivity index (χ3v) is 2.14. The maximum absolute atomic E-state index is 12.2. The lowest BCUT2D eigenvalue weighted by atomic mass is 10.0. The van der Waals surface area contributed by atoms with Gasteiger partial charge in [0.25, 0.3) is 0 Å². The molecular formula is C10H13ClF3NO. The van der Waals surface area contributed by atoms with E-state index in [0.29, 0.717) is 5.56 Å². The second kappa shape index (κ2) is 5.52. The van der Waals surface area contributed by atoms with Crippen LogP contribution in [0.3, 0.4) is 0 Å². The van der Waals surface area contributed by atoms with Crippen LogP contribution in [0, 0.1) is 0 Å². The fourth-order valence-electron chi connectivity index (χ4n) is 1.17. The van der Waals surface area contributed by atoms with E-state index in [2.05, 4.69) is 0 Å². The summed E-state index contributed by atoms with van der Waals surface area (Å²) in [7, 11) is 0. The van der Waals surface area contributed by atoms with E-state index in [4.69, 9.17) is 10.8 Å². The van der Waals surface area contributed by atoms with Gasteiger partial charge in [-0.3, -0.25) is 0 Å². The monoisotopic (exact) mass is 255 g/mol. The average Bonchev–Trinajstić information content (AvgIpc) is 2.15. The summed E-state index contributed by atoms with van der Waals surface area (Å²) in [5.74, 6) is 0. The van der Waals surface area contributed by atoms with Gasteiger partial charge < -0.3 is 10.8 Å². The predicted octanol–water partition coefficient (Wildman–Crippen LogP) is 2.51. The molecule has 0 radical (unpaired) electrons. The van der Waals surface area contributed by atoms with Crippen molar-refractivity contribution in [2.75, 3.05) is 0 Å². The van der Waals surface area contributed by atoms with E-state index in [-0.39, 0.29) is 12.4 Å². The Labute approximate surface area is 97.7 Å². The molecule has 6 heteroatoms. The molecule has 0 bridgehead atoms. The van der Waals surface area contributed by atoms with Crippen LogP contribution in [0.5, 0.6) is 0 Å². The Balaban J connectivity index is 0.00000225. The number of nitrogens with two attached hydrogens (primary N) is 1. The molecule has 2 nitrogen and oxygen atoms in total. The van der Waals surface area contributed by atoms with E-state index in [1.165, 1.54) is 19.1 Å². The Morgan fingerprint density at radius 3 is 1.94 bits per heavy atom. The normalized spacial score (nSPS) is 15.1. The zero-order valence-corrected chi connectivity index (χ0v) is 9.35. The third kappa shape index (κ3) is 3.66. The molecule has 0 amide bonds. The molecule has 1 aromatic rings. The summed E-state index contributed by atoms with van der Waals surface area (Å²) >= 11 is 0. The summed E-state index contributed by atoms with van der Waals surface area (Å²) in [5.41, 5.74) is 5.33. The van der Waals surface area contributed by atoms with Crippen LogP contribution in [0.15, 0.2) is 24.3 Å². The van der Waals surface area contributed by atoms with Crippen molar-refractivity contribution < 1.29 is 18.3 Å². The van der Waals surface area contributed by atoms with Gasteiger partial charge in [0.2, 0.25) is 0 Å². The van der Waals surface area contributed by atoms with Gasteiger partial charge in [0, 0.05) is 0 Å². The number of aliphatic hydroxyl groups excluding tert-OH is 1. The number of benzene rings is 1. The second-order valence-corrected chi connectivity index (χ2v) is 3.39. The predicted molar refractivity (Wildman–Crippen MR) is 57.3 cm³/mol. The van der Waals surface area contributed by atoms with E-state index < -0.39 is 23.9 Å². The summed E-state index contributed by atoms with van der Waals surface area (Å²) in [6.45, 7) is 1.49. The van der Waals surface area contributed by atoms with Crippen LogP contribution < -0.4 is 5.73 Å². The van der Waals surface area contributed by atoms with Gasteiger partial charge in [-0.15, -0.1) is 12.4 Å². The Hall–Kier alpha value is -0.780. The maximum atomic E-state index is 12.2. The van der Waals surface area contributed by atoms with Crippen molar-refractivity contribution in [1.29, 1.82) is 0 Å². The van der Waals surface area contributed by atoms with Gasteiger partial charge in [-0.25, -0.2) is 0 Å². The third-order valence-electron chi connectivity index (χ3n) is 2.14. The number of halogens is 4. The summed E-state index contributed by atoms with van der Waals surface area (Å²) in [4.78, 5) is 0. The lowest BCUT2D eigenvalue weighted by Crippen LogP contribution is -2.23. The minimum absolute atomic E-state index is 0. The fourth-order valence-corrected chi connectivity index (χ4v) is 1.17. The van der Waals surface area contributed by atoms with Gasteiger partial charge in [0.1, 0.15) is 0 Å². The van der Waals surface area contributed by atoms with Crippen molar-refractivity contribution in [3.05, 3.63) is 35.4 Å². The zero-order chi connectivity index (χ0) is 11.6. The van der Waals surface area contributed by atoms with Crippen LogP contribution in [0.1, 0.15) is 24.1 Å². The number of hydrogen-bond acceptors (Lipinski definition) is 2. The van der Waals surface area contributed by atoms with Crippen molar-refractivity contribution in [3.63, 3.8) is 0 Å². The minimum Gasteiger partial charge on any atom is -0.391 e. The van der Waals surface area contributed by atoms with Crippen LogP contribution in [0.25, 0.3) is 0 Å². The molecule has 2 atom stereocenters. The molecule has 0 fully saturated rings. The van der Waals surface area contributed by atoms with E-state index in [9.17, 15) is 13.2 Å². The van der Waals surface area contributed by atoms with E-state index in [0.717, 1.165) is 12.1 Å². The van der Waals surface area contributed by atoms with E-state index >= 15 is 0 Å². The lowest BCUT2D eigenvalue weighted by molar-refractivity contribution is -0.137. The summed E-state index contributed by atoms with van der Waals surface area (Å²) in [6.07, 6.45) is -5.13. The molecule has 2 unspecified atom stereocenters. The molecule has 0 aliphatic heterocycles. The Bertz CT molecular complexity index is 324. The smallest absolute Gasteiger partial charge is 0.391 e. The molecule has 0 aliphatic carbocycles. The Morgan fingerprint density at radius 1 is 1.19 bits per heavy atom. The van der Waals surface area contributed by atoms with Gasteiger partial charge in [-0.05, 0) is 24.6 Å². The van der Waals surface area contributed by atoms with Gasteiger partial charge in [0.15, 0.2) is 0 Å². The van der Waals surface area contributed by atoms with Gasteiger partial charge in [-0.1, -0.05) is 12.1 Å². The highest BCUT2D eigenvalue weighted by Gasteiger charge is 2.30. The molecule has 92 valence electrons. The lowest BCUT2D eigenvalue weighted by Gasteiger charge is -2.15. The van der Waals surface area contributed by atoms with Crippen molar-refractivity contribution in [2.45, 2.75) is 25.2 Å². The topological polar surface area (TPSA) is 46.2 Å². The maximum Gasteiger partial charge on any atom is 0.416 e. The van der Waals surface area contributed by atoms with Gasteiger partial charge in [-0.2, -0.15) is 13.2 Å². The van der Waals surface area contributed by atoms with Crippen molar-refractivity contribution in [2.24, 2.45) is 5.73 Å². The zero-order valence-electron chi connectivity index (χ0n) is 8.53. The molecule has 0 aromatic heterocycles. The first-order chi connectivity index (χ1) is 6.82. The van der Waals surface area contributed by atoms with Crippen LogP contribution in [-0.4, -0.2) is 11.2 Å². The number of rotatable bonds is 2. The molecular weight excluding hydrogens is 243 g/mol. The largest absolute Gasteiger partial charge is 0.416 e. The Kier molecular flexibility index (Phi) is 5.25. The first-order valence-electron chi connectivity index (χ1n) is 4.43. The molecule has 0 aliphatic rings. The first-order valence-corrected chi connectivity index (χ1v) is 4.43. The summed E-state index contributed by atoms with van der Waals surface area (Å²) in [5, 5.41) is 9.16. The molecule has 1 rings (SSSR count). The molecule has 0 saturated carbocycles. The fraction of sp³-hybridized carbons (Fsp3) is 0.400. The molecule has 0 spiro atoms. The van der Waals surface area contributed by atoms with Crippen LogP contribution in [-0.2, 0) is 6.18 Å². The quantitative estimate of drug-likeness (QED) is 0.853. The van der Waals surface area contributed by atoms with E-state index in [1.807, 2.05) is 0 Å². The van der Waals surface area contributed by atoms with Gasteiger partial charge in [0.05, 0.1) is 17.7 Å². The standard InChI is InChI=1S/C10H12F3NO.ClH/c1-6(15)9(14)7-2-4-8(5-3-7)10(11,12)13;/h2-6,9,15H,14H2,1H3;1H. The SMILES string of the molecule is CC(O)C(N)c1ccc(C(F)(F)F)cc1.Cl. The highest BCUT2D eigenvalue weighted by molar-refractivity contribution is 5.85. The Morgan fingerprint density at radius 2 is 1.62 bits per heavy atom. The molecule has 0 saturated heterocycles. The number of alkyl halides is 3. The molecule has 0 heterocycles. The van der Waals surface area contributed by atoms with Crippen LogP contribution in [0.2, 0.25) is 0 Å². The van der Waals surface area contributed by atoms with Gasteiger partial charge >= 0.3 is 6.18 Å². The molecule has 16 heavy (non-hydrogen) atoms. The van der Waals surface area contributed by atoms with Crippen molar-refractivity contribution in [1.82, 2.24) is 0 Å². The second-order valence-electron chi connectivity index (χ2n) is 3.39. The highest BCUT2D eigenvalue weighted by Crippen LogP contribution is 2.29. The van der Waals surface area contributed by atoms with Crippen molar-refractivity contribution in [3.8, 4) is 0 Å². The van der Waals surface area contributed by atoms with Crippen LogP contribution >= 0.6 is 12.4 Å². The first kappa shape index (κ1) is 15.2. The average molecular weight is 256 g/mol. The van der Waals surface area contributed by atoms with Crippen LogP contribution in [0.4, 0.5) is 13.2 Å². The van der Waals surface area contributed by atoms with Crippen molar-refractivity contribution >= 4 is 12.4 Å².